The fourth-order valence-corrected chi connectivity index (χ4v) is 2.18. The van der Waals surface area contributed by atoms with Crippen LogP contribution in [0.3, 0.4) is 0 Å². The number of fused-ring (bicyclic) bond motifs is 1. The summed E-state index contributed by atoms with van der Waals surface area (Å²) in [5.74, 6) is 1.22. The van der Waals surface area contributed by atoms with Crippen LogP contribution in [-0.2, 0) is 0 Å². The minimum Gasteiger partial charge on any atom is -0.491 e. The van der Waals surface area contributed by atoms with Gasteiger partial charge in [0.1, 0.15) is 5.75 Å². The molecule has 1 aromatic rings. The Labute approximate surface area is 115 Å². The van der Waals surface area contributed by atoms with Crippen LogP contribution in [0.5, 0.6) is 5.75 Å². The van der Waals surface area contributed by atoms with Gasteiger partial charge in [0.05, 0.1) is 18.1 Å². The van der Waals surface area contributed by atoms with Gasteiger partial charge >= 0.3 is 0 Å². The molecule has 0 saturated carbocycles. The molecule has 0 amide bonds. The minimum atomic E-state index is -0.248. The summed E-state index contributed by atoms with van der Waals surface area (Å²) in [6.45, 7) is 6.70. The zero-order chi connectivity index (χ0) is 13.9. The van der Waals surface area contributed by atoms with E-state index in [2.05, 4.69) is 11.0 Å². The molecule has 0 bridgehead atoms. The first kappa shape index (κ1) is 13.7. The van der Waals surface area contributed by atoms with E-state index >= 15 is 0 Å². The summed E-state index contributed by atoms with van der Waals surface area (Å²) in [6.07, 6.45) is 1.89. The molecule has 0 aliphatic carbocycles. The molecule has 104 valence electrons. The third-order valence-corrected chi connectivity index (χ3v) is 3.77. The molecule has 2 rings (SSSR count). The summed E-state index contributed by atoms with van der Waals surface area (Å²) in [6, 6.07) is 8.16. The van der Waals surface area contributed by atoms with Gasteiger partial charge in [0, 0.05) is 18.5 Å². The summed E-state index contributed by atoms with van der Waals surface area (Å²) < 4.78 is 5.75. The van der Waals surface area contributed by atoms with Gasteiger partial charge in [0.25, 0.3) is 0 Å². The summed E-state index contributed by atoms with van der Waals surface area (Å²) >= 11 is 0. The van der Waals surface area contributed by atoms with E-state index in [1.54, 1.807) is 0 Å². The van der Waals surface area contributed by atoms with Gasteiger partial charge < -0.3 is 15.4 Å². The van der Waals surface area contributed by atoms with E-state index in [-0.39, 0.29) is 11.3 Å². The summed E-state index contributed by atoms with van der Waals surface area (Å²) in [5, 5.41) is 7.64. The lowest BCUT2D eigenvalue weighted by atomic mass is 9.88. The fourth-order valence-electron chi connectivity index (χ4n) is 2.18. The highest BCUT2D eigenvalue weighted by atomic mass is 16.5. The molecular formula is C15H23N3O. The second-order valence-corrected chi connectivity index (χ2v) is 5.70. The van der Waals surface area contributed by atoms with Crippen LogP contribution in [0.1, 0.15) is 26.7 Å². The lowest BCUT2D eigenvalue weighted by molar-refractivity contribution is 0.322. The first-order chi connectivity index (χ1) is 9.00. The molecule has 0 saturated heterocycles. The van der Waals surface area contributed by atoms with Crippen LogP contribution in [0, 0.1) is 10.8 Å². The highest BCUT2D eigenvalue weighted by molar-refractivity contribution is 5.82. The van der Waals surface area contributed by atoms with Crippen LogP contribution in [0.25, 0.3) is 0 Å². The summed E-state index contributed by atoms with van der Waals surface area (Å²) in [7, 11) is 0. The summed E-state index contributed by atoms with van der Waals surface area (Å²) in [4.78, 5) is 2.34. The number of hydrogen-bond acceptors (Lipinski definition) is 3. The maximum atomic E-state index is 7.64. The fraction of sp³-hybridized carbons (Fsp3) is 0.533. The number of nitrogens with two attached hydrogens (primary N) is 1. The van der Waals surface area contributed by atoms with Crippen molar-refractivity contribution in [1.82, 2.24) is 0 Å². The Morgan fingerprint density at radius 1 is 1.42 bits per heavy atom. The number of para-hydroxylation sites is 2. The lowest BCUT2D eigenvalue weighted by Crippen LogP contribution is -2.36. The average molecular weight is 261 g/mol. The topological polar surface area (TPSA) is 62.3 Å². The smallest absolute Gasteiger partial charge is 0.142 e. The van der Waals surface area contributed by atoms with Gasteiger partial charge in [-0.3, -0.25) is 5.41 Å². The second-order valence-electron chi connectivity index (χ2n) is 5.70. The Kier molecular flexibility index (Phi) is 3.98. The molecule has 3 N–H and O–H groups in total. The van der Waals surface area contributed by atoms with E-state index in [1.165, 1.54) is 0 Å². The van der Waals surface area contributed by atoms with Gasteiger partial charge in [-0.25, -0.2) is 0 Å². The number of nitrogens with zero attached hydrogens (tertiary/aromatic N) is 1. The molecule has 0 aromatic heterocycles. The number of amidine groups is 1. The molecule has 1 heterocycles. The number of hydrogen-bond donors (Lipinski definition) is 2. The molecule has 0 fully saturated rings. The van der Waals surface area contributed by atoms with Crippen LogP contribution >= 0.6 is 0 Å². The van der Waals surface area contributed by atoms with E-state index in [1.807, 2.05) is 32.0 Å². The van der Waals surface area contributed by atoms with Crippen LogP contribution in [0.4, 0.5) is 5.69 Å². The molecule has 0 atom stereocenters. The molecule has 1 aliphatic heterocycles. The third kappa shape index (κ3) is 3.19. The van der Waals surface area contributed by atoms with Crippen LogP contribution < -0.4 is 15.4 Å². The van der Waals surface area contributed by atoms with E-state index in [0.29, 0.717) is 0 Å². The highest BCUT2D eigenvalue weighted by Gasteiger charge is 2.24. The van der Waals surface area contributed by atoms with Gasteiger partial charge in [-0.1, -0.05) is 26.0 Å². The van der Waals surface area contributed by atoms with Crippen LogP contribution in [0.2, 0.25) is 0 Å². The average Bonchev–Trinajstić information content (AvgIpc) is 2.58. The van der Waals surface area contributed by atoms with Crippen molar-refractivity contribution in [2.75, 3.05) is 24.6 Å². The van der Waals surface area contributed by atoms with Gasteiger partial charge in [-0.15, -0.1) is 0 Å². The zero-order valence-electron chi connectivity index (χ0n) is 11.8. The molecule has 1 aliphatic rings. The molecule has 1 aromatic carbocycles. The van der Waals surface area contributed by atoms with E-state index in [9.17, 15) is 0 Å². The van der Waals surface area contributed by atoms with Crippen molar-refractivity contribution < 1.29 is 4.74 Å². The molecule has 0 radical (unpaired) electrons. The van der Waals surface area contributed by atoms with Crippen molar-refractivity contribution in [2.45, 2.75) is 26.7 Å². The molecule has 4 nitrogen and oxygen atoms in total. The largest absolute Gasteiger partial charge is 0.491 e. The van der Waals surface area contributed by atoms with Gasteiger partial charge in [-0.2, -0.15) is 0 Å². The molecule has 0 unspecified atom stereocenters. The summed E-state index contributed by atoms with van der Waals surface area (Å²) in [5.41, 5.74) is 6.56. The zero-order valence-corrected chi connectivity index (χ0v) is 11.8. The highest BCUT2D eigenvalue weighted by Crippen LogP contribution is 2.31. The van der Waals surface area contributed by atoms with Gasteiger partial charge in [0.2, 0.25) is 0 Å². The van der Waals surface area contributed by atoms with Crippen LogP contribution in [-0.4, -0.2) is 25.5 Å². The quantitative estimate of drug-likeness (QED) is 0.647. The lowest BCUT2D eigenvalue weighted by Gasteiger charge is -2.29. The van der Waals surface area contributed by atoms with Gasteiger partial charge in [0.15, 0.2) is 0 Å². The van der Waals surface area contributed by atoms with Crippen LogP contribution in [0.15, 0.2) is 24.3 Å². The maximum absolute atomic E-state index is 7.64. The molecule has 4 heteroatoms. The van der Waals surface area contributed by atoms with E-state index < -0.39 is 0 Å². The maximum Gasteiger partial charge on any atom is 0.142 e. The second kappa shape index (κ2) is 5.51. The van der Waals surface area contributed by atoms with E-state index in [0.717, 1.165) is 44.0 Å². The number of benzene rings is 1. The predicted molar refractivity (Wildman–Crippen MR) is 79.1 cm³/mol. The number of rotatable bonds is 4. The Morgan fingerprint density at radius 2 is 2.16 bits per heavy atom. The monoisotopic (exact) mass is 261 g/mol. The Morgan fingerprint density at radius 3 is 2.89 bits per heavy atom. The number of ether oxygens (including phenoxy) is 1. The minimum absolute atomic E-state index is 0.248. The first-order valence-corrected chi connectivity index (χ1v) is 6.82. The SMILES string of the molecule is CC(C)(CCN1CCCOc2ccccc21)C(=N)N. The standard InChI is InChI=1S/C15H23N3O/c1-15(2,14(16)17)8-10-18-9-5-11-19-13-7-4-3-6-12(13)18/h3-4,6-7H,5,8-11H2,1-2H3,(H3,16,17). The first-order valence-electron chi connectivity index (χ1n) is 6.82. The Hall–Kier alpha value is -1.71. The predicted octanol–water partition coefficient (Wildman–Crippen LogP) is 2.63. The number of nitrogens with one attached hydrogen (secondary N) is 1. The normalized spacial score (nSPS) is 15.4. The van der Waals surface area contributed by atoms with E-state index in [4.69, 9.17) is 15.9 Å². The Balaban J connectivity index is 2.10. The molecular weight excluding hydrogens is 238 g/mol. The van der Waals surface area contributed by atoms with Gasteiger partial charge in [-0.05, 0) is 25.0 Å². The van der Waals surface area contributed by atoms with Crippen molar-refractivity contribution in [3.8, 4) is 5.75 Å². The van der Waals surface area contributed by atoms with Crippen molar-refractivity contribution in [1.29, 1.82) is 5.41 Å². The number of anilines is 1. The Bertz CT molecular complexity index is 456. The van der Waals surface area contributed by atoms with Crippen molar-refractivity contribution in [3.05, 3.63) is 24.3 Å². The third-order valence-electron chi connectivity index (χ3n) is 3.77. The van der Waals surface area contributed by atoms with Crippen molar-refractivity contribution >= 4 is 11.5 Å². The van der Waals surface area contributed by atoms with Crippen molar-refractivity contribution in [2.24, 2.45) is 11.1 Å². The van der Waals surface area contributed by atoms with Crippen molar-refractivity contribution in [3.63, 3.8) is 0 Å². The molecule has 19 heavy (non-hydrogen) atoms. The molecule has 0 spiro atoms.